The molecule has 1 aliphatic rings. The van der Waals surface area contributed by atoms with Crippen molar-refractivity contribution in [2.24, 2.45) is 0 Å². The predicted molar refractivity (Wildman–Crippen MR) is 88.7 cm³/mol. The zero-order valence-corrected chi connectivity index (χ0v) is 13.6. The molecule has 23 heavy (non-hydrogen) atoms. The van der Waals surface area contributed by atoms with E-state index < -0.39 is 22.1 Å². The fraction of sp³-hybridized carbons (Fsp3) is 0.188. The third-order valence-electron chi connectivity index (χ3n) is 3.66. The summed E-state index contributed by atoms with van der Waals surface area (Å²) in [5.74, 6) is -0.461. The van der Waals surface area contributed by atoms with Crippen LogP contribution in [0.4, 0.5) is 11.4 Å². The number of nitrogens with one attached hydrogen (secondary N) is 3. The molecule has 1 atom stereocenters. The summed E-state index contributed by atoms with van der Waals surface area (Å²) in [7, 11) is -3.72. The van der Waals surface area contributed by atoms with Crippen LogP contribution >= 0.6 is 0 Å². The van der Waals surface area contributed by atoms with E-state index in [-0.39, 0.29) is 4.90 Å². The Morgan fingerprint density at radius 3 is 2.65 bits per heavy atom. The van der Waals surface area contributed by atoms with E-state index >= 15 is 0 Å². The van der Waals surface area contributed by atoms with E-state index in [1.165, 1.54) is 6.07 Å². The monoisotopic (exact) mass is 331 g/mol. The number of benzene rings is 2. The summed E-state index contributed by atoms with van der Waals surface area (Å²) in [6.07, 6.45) is -1.06. The van der Waals surface area contributed by atoms with E-state index in [1.54, 1.807) is 18.2 Å². The molecule has 120 valence electrons. The van der Waals surface area contributed by atoms with Gasteiger partial charge in [-0.1, -0.05) is 24.3 Å². The lowest BCUT2D eigenvalue weighted by Gasteiger charge is -2.27. The molecule has 0 spiro atoms. The molecule has 0 saturated heterocycles. The lowest BCUT2D eigenvalue weighted by atomic mass is 10.1. The van der Waals surface area contributed by atoms with Gasteiger partial charge in [-0.15, -0.1) is 0 Å². The molecule has 3 rings (SSSR count). The van der Waals surface area contributed by atoms with Gasteiger partial charge < -0.3 is 10.6 Å². The van der Waals surface area contributed by atoms with E-state index in [1.807, 2.05) is 32.0 Å². The van der Waals surface area contributed by atoms with Crippen molar-refractivity contribution in [2.75, 3.05) is 10.6 Å². The third-order valence-corrected chi connectivity index (χ3v) is 5.14. The number of para-hydroxylation sites is 1. The van der Waals surface area contributed by atoms with Crippen molar-refractivity contribution < 1.29 is 13.2 Å². The summed E-state index contributed by atoms with van der Waals surface area (Å²) < 4.78 is 26.8. The molecule has 2 aromatic rings. The van der Waals surface area contributed by atoms with Crippen LogP contribution in [-0.4, -0.2) is 20.5 Å². The Labute approximate surface area is 135 Å². The fourth-order valence-corrected chi connectivity index (χ4v) is 3.70. The first-order chi connectivity index (χ1) is 10.9. The molecule has 7 heteroatoms. The first kappa shape index (κ1) is 15.5. The van der Waals surface area contributed by atoms with E-state index in [0.717, 1.165) is 11.1 Å². The number of carbonyl (C=O) groups excluding carboxylic acids is 1. The second-order valence-electron chi connectivity index (χ2n) is 5.50. The lowest BCUT2D eigenvalue weighted by molar-refractivity contribution is -0.117. The number of hydrogen-bond acceptors (Lipinski definition) is 4. The highest BCUT2D eigenvalue weighted by molar-refractivity contribution is 7.89. The molecule has 0 aromatic heterocycles. The smallest absolute Gasteiger partial charge is 0.262 e. The zero-order chi connectivity index (χ0) is 16.6. The summed E-state index contributed by atoms with van der Waals surface area (Å²) >= 11 is 0. The molecule has 0 unspecified atom stereocenters. The van der Waals surface area contributed by atoms with Crippen LogP contribution in [-0.2, 0) is 14.8 Å². The number of amides is 1. The van der Waals surface area contributed by atoms with Gasteiger partial charge >= 0.3 is 0 Å². The highest BCUT2D eigenvalue weighted by Gasteiger charge is 2.32. The van der Waals surface area contributed by atoms with Crippen molar-refractivity contribution in [1.82, 2.24) is 4.72 Å². The van der Waals surface area contributed by atoms with Crippen LogP contribution in [0.1, 0.15) is 11.1 Å². The van der Waals surface area contributed by atoms with Crippen LogP contribution < -0.4 is 15.4 Å². The van der Waals surface area contributed by atoms with Gasteiger partial charge in [-0.2, -0.15) is 4.72 Å². The summed E-state index contributed by atoms with van der Waals surface area (Å²) in [4.78, 5) is 12.6. The van der Waals surface area contributed by atoms with Crippen molar-refractivity contribution >= 4 is 27.3 Å². The van der Waals surface area contributed by atoms with Gasteiger partial charge in [-0.05, 0) is 43.2 Å². The molecule has 6 nitrogen and oxygen atoms in total. The summed E-state index contributed by atoms with van der Waals surface area (Å²) in [6.45, 7) is 3.80. The van der Waals surface area contributed by atoms with Crippen molar-refractivity contribution in [2.45, 2.75) is 24.9 Å². The third kappa shape index (κ3) is 3.06. The van der Waals surface area contributed by atoms with Crippen LogP contribution in [0.3, 0.4) is 0 Å². The molecule has 0 saturated carbocycles. The topological polar surface area (TPSA) is 87.3 Å². The maximum absolute atomic E-state index is 12.4. The Bertz CT molecular complexity index is 878. The van der Waals surface area contributed by atoms with Gasteiger partial charge in [-0.25, -0.2) is 8.42 Å². The highest BCUT2D eigenvalue weighted by Crippen LogP contribution is 2.26. The molecule has 0 radical (unpaired) electrons. The van der Waals surface area contributed by atoms with E-state index in [0.29, 0.717) is 11.4 Å². The van der Waals surface area contributed by atoms with Crippen molar-refractivity contribution in [3.8, 4) is 0 Å². The van der Waals surface area contributed by atoms with Crippen molar-refractivity contribution in [1.29, 1.82) is 0 Å². The van der Waals surface area contributed by atoms with Crippen molar-refractivity contribution in [3.05, 3.63) is 53.6 Å². The largest absolute Gasteiger partial charge is 0.360 e. The second kappa shape index (κ2) is 5.68. The average Bonchev–Trinajstić information content (AvgIpc) is 2.50. The zero-order valence-electron chi connectivity index (χ0n) is 12.8. The van der Waals surface area contributed by atoms with Gasteiger partial charge in [-0.3, -0.25) is 4.79 Å². The Morgan fingerprint density at radius 2 is 1.87 bits per heavy atom. The maximum Gasteiger partial charge on any atom is 0.262 e. The number of hydrogen-bond donors (Lipinski definition) is 3. The summed E-state index contributed by atoms with van der Waals surface area (Å²) in [6, 6.07) is 12.2. The minimum Gasteiger partial charge on any atom is -0.360 e. The molecule has 1 heterocycles. The molecule has 0 bridgehead atoms. The maximum atomic E-state index is 12.4. The summed E-state index contributed by atoms with van der Waals surface area (Å²) in [5.41, 5.74) is 2.98. The van der Waals surface area contributed by atoms with Gasteiger partial charge in [0.05, 0.1) is 5.69 Å². The number of anilines is 2. The van der Waals surface area contributed by atoms with Gasteiger partial charge in [0.1, 0.15) is 4.90 Å². The molecule has 3 N–H and O–H groups in total. The minimum atomic E-state index is -3.72. The van der Waals surface area contributed by atoms with E-state index in [9.17, 15) is 13.2 Å². The standard InChI is InChI=1S/C16H17N3O3S/c1-10-7-8-11(2)13(9-10)18-16(20)15-17-12-5-3-4-6-14(12)23(21,22)19-15/h3-9,15,17,19H,1-2H3,(H,18,20)/t15-/m1/s1. The van der Waals surface area contributed by atoms with Crippen LogP contribution in [0.15, 0.2) is 47.4 Å². The molecule has 0 fully saturated rings. The normalized spacial score (nSPS) is 18.6. The molecular formula is C16H17N3O3S. The molecule has 1 aliphatic heterocycles. The van der Waals surface area contributed by atoms with Gasteiger partial charge in [0.15, 0.2) is 6.17 Å². The van der Waals surface area contributed by atoms with Gasteiger partial charge in [0.25, 0.3) is 5.91 Å². The quantitative estimate of drug-likeness (QED) is 0.785. The molecule has 0 aliphatic carbocycles. The average molecular weight is 331 g/mol. The van der Waals surface area contributed by atoms with E-state index in [4.69, 9.17) is 0 Å². The Hall–Kier alpha value is -2.38. The number of aryl methyl sites for hydroxylation is 2. The Kier molecular flexibility index (Phi) is 3.83. The number of sulfonamides is 1. The molecule has 1 amide bonds. The second-order valence-corrected chi connectivity index (χ2v) is 7.18. The van der Waals surface area contributed by atoms with E-state index in [2.05, 4.69) is 15.4 Å². The Morgan fingerprint density at radius 1 is 1.13 bits per heavy atom. The summed E-state index contributed by atoms with van der Waals surface area (Å²) in [5, 5.41) is 5.67. The molecular weight excluding hydrogens is 314 g/mol. The van der Waals surface area contributed by atoms with Gasteiger partial charge in [0.2, 0.25) is 10.0 Å². The lowest BCUT2D eigenvalue weighted by Crippen LogP contribution is -2.51. The minimum absolute atomic E-state index is 0.135. The first-order valence-electron chi connectivity index (χ1n) is 7.13. The predicted octanol–water partition coefficient (Wildman–Crippen LogP) is 1.97. The number of carbonyl (C=O) groups is 1. The molecule has 2 aromatic carbocycles. The SMILES string of the molecule is Cc1ccc(C)c(NC(=O)[C@@H]2Nc3ccccc3S(=O)(=O)N2)c1. The van der Waals surface area contributed by atoms with Crippen molar-refractivity contribution in [3.63, 3.8) is 0 Å². The Balaban J connectivity index is 1.86. The highest BCUT2D eigenvalue weighted by atomic mass is 32.2. The number of rotatable bonds is 2. The fourth-order valence-electron chi connectivity index (χ4n) is 2.42. The number of fused-ring (bicyclic) bond motifs is 1. The first-order valence-corrected chi connectivity index (χ1v) is 8.61. The van der Waals surface area contributed by atoms with Crippen LogP contribution in [0.2, 0.25) is 0 Å². The van der Waals surface area contributed by atoms with Crippen LogP contribution in [0, 0.1) is 13.8 Å². The van der Waals surface area contributed by atoms with Crippen LogP contribution in [0.25, 0.3) is 0 Å². The van der Waals surface area contributed by atoms with Crippen LogP contribution in [0.5, 0.6) is 0 Å². The van der Waals surface area contributed by atoms with Gasteiger partial charge in [0, 0.05) is 5.69 Å².